The molecule has 0 heterocycles. The molecule has 0 fully saturated rings. The van der Waals surface area contributed by atoms with Crippen molar-refractivity contribution in [2.24, 2.45) is 0 Å². The summed E-state index contributed by atoms with van der Waals surface area (Å²) >= 11 is 3.57. The Morgan fingerprint density at radius 1 is 1.36 bits per heavy atom. The van der Waals surface area contributed by atoms with Crippen LogP contribution in [0.1, 0.15) is 30.5 Å². The van der Waals surface area contributed by atoms with Gasteiger partial charge >= 0.3 is 0 Å². The van der Waals surface area contributed by atoms with Crippen molar-refractivity contribution in [3.05, 3.63) is 40.5 Å². The van der Waals surface area contributed by atoms with Gasteiger partial charge in [-0.2, -0.15) is 0 Å². The molecule has 0 nitrogen and oxygen atoms in total. The van der Waals surface area contributed by atoms with Crippen LogP contribution in [0.25, 0.3) is 6.08 Å². The van der Waals surface area contributed by atoms with Gasteiger partial charge in [0, 0.05) is 4.83 Å². The Labute approximate surface area is 95.2 Å². The van der Waals surface area contributed by atoms with Gasteiger partial charge in [-0.1, -0.05) is 45.8 Å². The van der Waals surface area contributed by atoms with Crippen LogP contribution in [-0.4, -0.2) is 4.83 Å². The van der Waals surface area contributed by atoms with Crippen LogP contribution in [-0.2, 0) is 0 Å². The molecule has 1 unspecified atom stereocenters. The first kappa shape index (κ1) is 11.5. The van der Waals surface area contributed by atoms with Crippen LogP contribution in [0, 0.1) is 13.8 Å². The Kier molecular flexibility index (Phi) is 3.94. The monoisotopic (exact) mass is 252 g/mol. The first-order valence-corrected chi connectivity index (χ1v) is 5.82. The van der Waals surface area contributed by atoms with E-state index in [9.17, 15) is 0 Å². The summed E-state index contributed by atoms with van der Waals surface area (Å²) in [5.41, 5.74) is 5.42. The van der Waals surface area contributed by atoms with Crippen molar-refractivity contribution in [2.45, 2.75) is 32.5 Å². The first-order chi connectivity index (χ1) is 6.52. The van der Waals surface area contributed by atoms with Gasteiger partial charge in [0.15, 0.2) is 0 Å². The van der Waals surface area contributed by atoms with E-state index in [4.69, 9.17) is 0 Å². The molecule has 0 amide bonds. The second kappa shape index (κ2) is 4.79. The lowest BCUT2D eigenvalue weighted by atomic mass is 10.0. The maximum Gasteiger partial charge on any atom is 0.0326 e. The van der Waals surface area contributed by atoms with E-state index in [1.165, 1.54) is 22.3 Å². The Bertz CT molecular complexity index is 348. The Hall–Kier alpha value is -0.560. The van der Waals surface area contributed by atoms with E-state index < -0.39 is 0 Å². The quantitative estimate of drug-likeness (QED) is 0.681. The van der Waals surface area contributed by atoms with Gasteiger partial charge in [0.1, 0.15) is 0 Å². The number of benzene rings is 1. The van der Waals surface area contributed by atoms with Crippen molar-refractivity contribution in [1.82, 2.24) is 0 Å². The smallest absolute Gasteiger partial charge is 0.0326 e. The molecule has 0 spiro atoms. The molecule has 1 rings (SSSR count). The third kappa shape index (κ3) is 2.71. The summed E-state index contributed by atoms with van der Waals surface area (Å²) in [6.07, 6.45) is 2.25. The van der Waals surface area contributed by atoms with Crippen molar-refractivity contribution < 1.29 is 0 Å². The Morgan fingerprint density at radius 2 is 2.00 bits per heavy atom. The van der Waals surface area contributed by atoms with Crippen LogP contribution in [0.3, 0.4) is 0 Å². The zero-order valence-corrected chi connectivity index (χ0v) is 10.9. The number of alkyl halides is 1. The highest BCUT2D eigenvalue weighted by molar-refractivity contribution is 9.09. The van der Waals surface area contributed by atoms with Crippen molar-refractivity contribution >= 4 is 22.0 Å². The number of hydrogen-bond donors (Lipinski definition) is 0. The largest absolute Gasteiger partial charge is 0.0845 e. The van der Waals surface area contributed by atoms with E-state index in [-0.39, 0.29) is 0 Å². The van der Waals surface area contributed by atoms with Crippen LogP contribution in [0.5, 0.6) is 0 Å². The topological polar surface area (TPSA) is 0 Å². The molecule has 1 aromatic carbocycles. The normalized spacial score (nSPS) is 14.2. The van der Waals surface area contributed by atoms with Gasteiger partial charge in [-0.15, -0.1) is 0 Å². The van der Waals surface area contributed by atoms with Crippen molar-refractivity contribution in [2.75, 3.05) is 0 Å². The van der Waals surface area contributed by atoms with Gasteiger partial charge in [0.2, 0.25) is 0 Å². The fraction of sp³-hybridized carbons (Fsp3) is 0.385. The number of aryl methyl sites for hydroxylation is 1. The van der Waals surface area contributed by atoms with E-state index >= 15 is 0 Å². The SMILES string of the molecule is C/C(=C\c1cccc(C)c1C)C(C)Br. The lowest BCUT2D eigenvalue weighted by Gasteiger charge is -2.07. The summed E-state index contributed by atoms with van der Waals surface area (Å²) in [4.78, 5) is 0.447. The summed E-state index contributed by atoms with van der Waals surface area (Å²) in [6.45, 7) is 8.63. The Balaban J connectivity index is 3.09. The average Bonchev–Trinajstić information content (AvgIpc) is 2.12. The molecular formula is C13H17Br. The van der Waals surface area contributed by atoms with Crippen molar-refractivity contribution in [1.29, 1.82) is 0 Å². The second-order valence-corrected chi connectivity index (χ2v) is 5.17. The number of hydrogen-bond acceptors (Lipinski definition) is 0. The number of rotatable bonds is 2. The van der Waals surface area contributed by atoms with E-state index in [2.05, 4.69) is 67.9 Å². The molecule has 1 atom stereocenters. The van der Waals surface area contributed by atoms with Gasteiger partial charge in [0.25, 0.3) is 0 Å². The number of halogens is 1. The van der Waals surface area contributed by atoms with Gasteiger partial charge in [-0.05, 0) is 44.4 Å². The lowest BCUT2D eigenvalue weighted by molar-refractivity contribution is 1.15. The van der Waals surface area contributed by atoms with Gasteiger partial charge < -0.3 is 0 Å². The van der Waals surface area contributed by atoms with Gasteiger partial charge in [0.05, 0.1) is 0 Å². The minimum absolute atomic E-state index is 0.447. The molecule has 0 N–H and O–H groups in total. The highest BCUT2D eigenvalue weighted by Gasteiger charge is 2.01. The summed E-state index contributed by atoms with van der Waals surface area (Å²) in [6, 6.07) is 6.43. The molecule has 14 heavy (non-hydrogen) atoms. The maximum absolute atomic E-state index is 3.57. The number of allylic oxidation sites excluding steroid dienone is 1. The standard InChI is InChI=1S/C13H17Br/c1-9-6-5-7-13(11(9)3)8-10(2)12(4)14/h5-8,12H,1-4H3/b10-8+. The zero-order chi connectivity index (χ0) is 10.7. The fourth-order valence-corrected chi connectivity index (χ4v) is 1.42. The fourth-order valence-electron chi connectivity index (χ4n) is 1.29. The molecular weight excluding hydrogens is 236 g/mol. The predicted octanol–water partition coefficient (Wildman–Crippen LogP) is 4.49. The summed E-state index contributed by atoms with van der Waals surface area (Å²) in [5, 5.41) is 0. The maximum atomic E-state index is 3.57. The summed E-state index contributed by atoms with van der Waals surface area (Å²) in [5.74, 6) is 0. The molecule has 0 aliphatic heterocycles. The predicted molar refractivity (Wildman–Crippen MR) is 68.0 cm³/mol. The molecule has 0 radical (unpaired) electrons. The van der Waals surface area contributed by atoms with Crippen LogP contribution in [0.2, 0.25) is 0 Å². The molecule has 0 bridgehead atoms. The molecule has 0 saturated carbocycles. The first-order valence-electron chi connectivity index (χ1n) is 4.91. The van der Waals surface area contributed by atoms with Crippen LogP contribution in [0.15, 0.2) is 23.8 Å². The highest BCUT2D eigenvalue weighted by Crippen LogP contribution is 2.19. The highest BCUT2D eigenvalue weighted by atomic mass is 79.9. The van der Waals surface area contributed by atoms with Gasteiger partial charge in [-0.25, -0.2) is 0 Å². The molecule has 0 saturated heterocycles. The second-order valence-electron chi connectivity index (χ2n) is 3.79. The van der Waals surface area contributed by atoms with E-state index in [1.807, 2.05) is 0 Å². The van der Waals surface area contributed by atoms with E-state index in [0.29, 0.717) is 4.83 Å². The van der Waals surface area contributed by atoms with Crippen molar-refractivity contribution in [3.63, 3.8) is 0 Å². The van der Waals surface area contributed by atoms with E-state index in [0.717, 1.165) is 0 Å². The van der Waals surface area contributed by atoms with Crippen LogP contribution >= 0.6 is 15.9 Å². The molecule has 0 aliphatic carbocycles. The molecule has 1 aromatic rings. The molecule has 0 aromatic heterocycles. The Morgan fingerprint density at radius 3 is 2.57 bits per heavy atom. The van der Waals surface area contributed by atoms with Crippen LogP contribution < -0.4 is 0 Å². The lowest BCUT2D eigenvalue weighted by Crippen LogP contribution is -1.92. The minimum atomic E-state index is 0.447. The third-order valence-electron chi connectivity index (χ3n) is 2.66. The van der Waals surface area contributed by atoms with Crippen LogP contribution in [0.4, 0.5) is 0 Å². The van der Waals surface area contributed by atoms with Crippen molar-refractivity contribution in [3.8, 4) is 0 Å². The molecule has 0 aliphatic rings. The third-order valence-corrected chi connectivity index (χ3v) is 3.38. The van der Waals surface area contributed by atoms with Gasteiger partial charge in [-0.3, -0.25) is 0 Å². The molecule has 1 heteroatoms. The average molecular weight is 253 g/mol. The molecule has 76 valence electrons. The summed E-state index contributed by atoms with van der Waals surface area (Å²) in [7, 11) is 0. The summed E-state index contributed by atoms with van der Waals surface area (Å²) < 4.78 is 0. The zero-order valence-electron chi connectivity index (χ0n) is 9.26. The van der Waals surface area contributed by atoms with E-state index in [1.54, 1.807) is 0 Å². The minimum Gasteiger partial charge on any atom is -0.0845 e.